The Bertz CT molecular complexity index is 609. The average molecular weight is 269 g/mol. The highest BCUT2D eigenvalue weighted by Crippen LogP contribution is 2.21. The summed E-state index contributed by atoms with van der Waals surface area (Å²) in [6.45, 7) is 2.36. The van der Waals surface area contributed by atoms with Crippen LogP contribution in [0.1, 0.15) is 12.0 Å². The van der Waals surface area contributed by atoms with E-state index in [0.717, 1.165) is 11.9 Å². The van der Waals surface area contributed by atoms with Gasteiger partial charge < -0.3 is 10.3 Å². The largest absolute Gasteiger partial charge is 0.369 e. The second-order valence-electron chi connectivity index (χ2n) is 4.34. The fraction of sp³-hybridized carbons (Fsp3) is 0.417. The monoisotopic (exact) mass is 269 g/mol. The first-order valence-electron chi connectivity index (χ1n) is 5.71. The number of halogens is 1. The fourth-order valence-electron chi connectivity index (χ4n) is 1.93. The van der Waals surface area contributed by atoms with Crippen LogP contribution in [0.25, 0.3) is 11.0 Å². The van der Waals surface area contributed by atoms with E-state index >= 15 is 0 Å². The maximum absolute atomic E-state index is 13.4. The first-order chi connectivity index (χ1) is 8.49. The van der Waals surface area contributed by atoms with Crippen molar-refractivity contribution in [3.05, 3.63) is 23.5 Å². The van der Waals surface area contributed by atoms with E-state index in [1.54, 1.807) is 19.2 Å². The number of rotatable bonds is 4. The number of aromatic nitrogens is 2. The molecule has 2 rings (SSSR count). The maximum Gasteiger partial charge on any atom is 0.201 e. The molecule has 0 bridgehead atoms. The quantitative estimate of drug-likeness (QED) is 0.921. The van der Waals surface area contributed by atoms with Gasteiger partial charge in [0, 0.05) is 35.4 Å². The number of aryl methyl sites for hydroxylation is 2. The summed E-state index contributed by atoms with van der Waals surface area (Å²) in [5, 5.41) is 0. The smallest absolute Gasteiger partial charge is 0.201 e. The van der Waals surface area contributed by atoms with Crippen LogP contribution in [0.3, 0.4) is 0 Å². The molecule has 1 aromatic carbocycles. The van der Waals surface area contributed by atoms with E-state index in [2.05, 4.69) is 4.98 Å². The molecule has 0 spiro atoms. The van der Waals surface area contributed by atoms with E-state index < -0.39 is 10.8 Å². The van der Waals surface area contributed by atoms with Crippen molar-refractivity contribution >= 4 is 27.8 Å². The number of hydrogen-bond donors (Lipinski definition) is 1. The lowest BCUT2D eigenvalue weighted by molar-refractivity contribution is 0.620. The highest BCUT2D eigenvalue weighted by molar-refractivity contribution is 7.84. The van der Waals surface area contributed by atoms with Crippen molar-refractivity contribution in [2.75, 3.05) is 17.7 Å². The summed E-state index contributed by atoms with van der Waals surface area (Å²) in [7, 11) is -0.810. The van der Waals surface area contributed by atoms with Crippen LogP contribution in [0.15, 0.2) is 12.1 Å². The molecule has 1 atom stereocenters. The Kier molecular flexibility index (Phi) is 3.65. The number of nitrogens with two attached hydrogens (primary N) is 1. The summed E-state index contributed by atoms with van der Waals surface area (Å²) in [5.74, 6) is 0.720. The fourth-order valence-corrected chi connectivity index (χ4v) is 2.47. The second-order valence-corrected chi connectivity index (χ2v) is 5.90. The SMILES string of the molecule is Cc1cc2c(cc1F)nc(N)n2CCCS(C)=O. The zero-order valence-corrected chi connectivity index (χ0v) is 11.3. The molecule has 0 saturated carbocycles. The van der Waals surface area contributed by atoms with Crippen LogP contribution in [-0.4, -0.2) is 25.8 Å². The number of fused-ring (bicyclic) bond motifs is 1. The molecule has 1 heterocycles. The van der Waals surface area contributed by atoms with E-state index in [4.69, 9.17) is 5.73 Å². The molecular weight excluding hydrogens is 253 g/mol. The number of nitrogens with zero attached hydrogens (tertiary/aromatic N) is 2. The number of imidazole rings is 1. The highest BCUT2D eigenvalue weighted by atomic mass is 32.2. The molecule has 0 aliphatic carbocycles. The van der Waals surface area contributed by atoms with Crippen LogP contribution in [0.5, 0.6) is 0 Å². The molecule has 2 N–H and O–H groups in total. The van der Waals surface area contributed by atoms with Gasteiger partial charge in [0.1, 0.15) is 5.82 Å². The first kappa shape index (κ1) is 13.0. The van der Waals surface area contributed by atoms with Gasteiger partial charge in [-0.1, -0.05) is 0 Å². The van der Waals surface area contributed by atoms with Crippen LogP contribution in [0, 0.1) is 12.7 Å². The lowest BCUT2D eigenvalue weighted by Gasteiger charge is -2.06. The Morgan fingerprint density at radius 1 is 1.50 bits per heavy atom. The van der Waals surface area contributed by atoms with Crippen molar-refractivity contribution < 1.29 is 8.60 Å². The lowest BCUT2D eigenvalue weighted by atomic mass is 10.2. The predicted octanol–water partition coefficient (Wildman–Crippen LogP) is 1.83. The van der Waals surface area contributed by atoms with E-state index in [-0.39, 0.29) is 5.82 Å². The molecule has 0 saturated heterocycles. The average Bonchev–Trinajstić information content (AvgIpc) is 2.56. The minimum atomic E-state index is -0.810. The van der Waals surface area contributed by atoms with Gasteiger partial charge in [0.15, 0.2) is 0 Å². The molecule has 0 aliphatic rings. The zero-order chi connectivity index (χ0) is 13.3. The Morgan fingerprint density at radius 3 is 2.89 bits per heavy atom. The Morgan fingerprint density at radius 2 is 2.22 bits per heavy atom. The van der Waals surface area contributed by atoms with Gasteiger partial charge in [0.2, 0.25) is 5.95 Å². The van der Waals surface area contributed by atoms with Crippen molar-refractivity contribution in [2.45, 2.75) is 19.9 Å². The van der Waals surface area contributed by atoms with Gasteiger partial charge in [-0.2, -0.15) is 0 Å². The van der Waals surface area contributed by atoms with Crippen molar-refractivity contribution in [1.29, 1.82) is 0 Å². The Balaban J connectivity index is 2.34. The standard InChI is InChI=1S/C12H16FN3OS/c1-8-6-11-10(7-9(8)13)15-12(14)16(11)4-3-5-18(2)17/h6-7H,3-5H2,1-2H3,(H2,14,15). The molecule has 2 aromatic rings. The van der Waals surface area contributed by atoms with Crippen molar-refractivity contribution in [3.8, 4) is 0 Å². The van der Waals surface area contributed by atoms with Gasteiger partial charge in [-0.05, 0) is 25.0 Å². The number of anilines is 1. The topological polar surface area (TPSA) is 60.9 Å². The van der Waals surface area contributed by atoms with Gasteiger partial charge in [-0.3, -0.25) is 4.21 Å². The normalized spacial score (nSPS) is 13.1. The zero-order valence-electron chi connectivity index (χ0n) is 10.4. The van der Waals surface area contributed by atoms with Gasteiger partial charge in [0.05, 0.1) is 11.0 Å². The van der Waals surface area contributed by atoms with Crippen LogP contribution >= 0.6 is 0 Å². The second kappa shape index (κ2) is 5.06. The summed E-state index contributed by atoms with van der Waals surface area (Å²) in [6, 6.07) is 3.15. The molecule has 1 aromatic heterocycles. The van der Waals surface area contributed by atoms with Gasteiger partial charge in [-0.15, -0.1) is 0 Å². The molecule has 18 heavy (non-hydrogen) atoms. The van der Waals surface area contributed by atoms with Crippen LogP contribution < -0.4 is 5.73 Å². The minimum Gasteiger partial charge on any atom is -0.369 e. The first-order valence-corrected chi connectivity index (χ1v) is 7.43. The van der Waals surface area contributed by atoms with Crippen LogP contribution in [-0.2, 0) is 17.3 Å². The number of benzene rings is 1. The molecule has 0 radical (unpaired) electrons. The van der Waals surface area contributed by atoms with Gasteiger partial charge >= 0.3 is 0 Å². The summed E-state index contributed by atoms with van der Waals surface area (Å²) in [4.78, 5) is 4.14. The van der Waals surface area contributed by atoms with E-state index in [0.29, 0.717) is 29.3 Å². The van der Waals surface area contributed by atoms with Crippen molar-refractivity contribution in [2.24, 2.45) is 0 Å². The molecular formula is C12H16FN3OS. The van der Waals surface area contributed by atoms with Crippen LogP contribution in [0.2, 0.25) is 0 Å². The third kappa shape index (κ3) is 2.53. The molecule has 98 valence electrons. The maximum atomic E-state index is 13.4. The van der Waals surface area contributed by atoms with Crippen molar-refractivity contribution in [1.82, 2.24) is 9.55 Å². The molecule has 0 aliphatic heterocycles. The van der Waals surface area contributed by atoms with E-state index in [1.165, 1.54) is 6.07 Å². The minimum absolute atomic E-state index is 0.276. The molecule has 0 fully saturated rings. The summed E-state index contributed by atoms with van der Waals surface area (Å²) in [6.07, 6.45) is 2.43. The van der Waals surface area contributed by atoms with Crippen molar-refractivity contribution in [3.63, 3.8) is 0 Å². The summed E-state index contributed by atoms with van der Waals surface area (Å²) in [5.41, 5.74) is 7.79. The third-order valence-corrected chi connectivity index (χ3v) is 3.74. The van der Waals surface area contributed by atoms with Gasteiger partial charge in [-0.25, -0.2) is 9.37 Å². The third-order valence-electron chi connectivity index (χ3n) is 2.87. The number of nitrogen functional groups attached to an aromatic ring is 1. The Hall–Kier alpha value is -1.43. The molecule has 1 unspecified atom stereocenters. The number of hydrogen-bond acceptors (Lipinski definition) is 3. The summed E-state index contributed by atoms with van der Waals surface area (Å²) < 4.78 is 26.3. The van der Waals surface area contributed by atoms with E-state index in [9.17, 15) is 8.60 Å². The van der Waals surface area contributed by atoms with E-state index in [1.807, 2.05) is 4.57 Å². The predicted molar refractivity (Wildman–Crippen MR) is 72.4 cm³/mol. The Labute approximate surface area is 107 Å². The molecule has 4 nitrogen and oxygen atoms in total. The van der Waals surface area contributed by atoms with Crippen LogP contribution in [0.4, 0.5) is 10.3 Å². The highest BCUT2D eigenvalue weighted by Gasteiger charge is 2.10. The van der Waals surface area contributed by atoms with Gasteiger partial charge in [0.25, 0.3) is 0 Å². The summed E-state index contributed by atoms with van der Waals surface area (Å²) >= 11 is 0. The molecule has 6 heteroatoms. The lowest BCUT2D eigenvalue weighted by Crippen LogP contribution is -2.06. The molecule has 0 amide bonds.